The Morgan fingerprint density at radius 3 is 2.73 bits per heavy atom. The van der Waals surface area contributed by atoms with E-state index in [0.29, 0.717) is 17.6 Å². The zero-order valence-electron chi connectivity index (χ0n) is 13.3. The van der Waals surface area contributed by atoms with Gasteiger partial charge in [0.25, 0.3) is 5.91 Å². The van der Waals surface area contributed by atoms with E-state index in [0.717, 1.165) is 30.5 Å². The van der Waals surface area contributed by atoms with Crippen molar-refractivity contribution in [3.63, 3.8) is 0 Å². The van der Waals surface area contributed by atoms with E-state index >= 15 is 0 Å². The van der Waals surface area contributed by atoms with Crippen LogP contribution in [0.1, 0.15) is 29.2 Å². The van der Waals surface area contributed by atoms with Gasteiger partial charge in [0.2, 0.25) is 0 Å². The molecular formula is C17H12ClF2N5O. The molecule has 1 amide bonds. The fraction of sp³-hybridized carbons (Fsp3) is 0.176. The quantitative estimate of drug-likeness (QED) is 0.703. The van der Waals surface area contributed by atoms with Gasteiger partial charge in [-0.3, -0.25) is 4.79 Å². The number of hydrogen-bond acceptors (Lipinski definition) is 4. The highest BCUT2D eigenvalue weighted by Crippen LogP contribution is 2.36. The van der Waals surface area contributed by atoms with Crippen molar-refractivity contribution in [2.45, 2.75) is 18.9 Å². The van der Waals surface area contributed by atoms with Crippen LogP contribution >= 0.6 is 11.6 Å². The summed E-state index contributed by atoms with van der Waals surface area (Å²) in [6.07, 6.45) is 2.06. The van der Waals surface area contributed by atoms with Gasteiger partial charge in [0, 0.05) is 11.3 Å². The lowest BCUT2D eigenvalue weighted by Crippen LogP contribution is -2.13. The second kappa shape index (κ2) is 6.45. The van der Waals surface area contributed by atoms with Crippen molar-refractivity contribution in [3.05, 3.63) is 58.6 Å². The molecule has 0 unspecified atom stereocenters. The summed E-state index contributed by atoms with van der Waals surface area (Å²) in [6.45, 7) is 0. The Labute approximate surface area is 151 Å². The number of benzene rings is 2. The minimum Gasteiger partial charge on any atom is -0.322 e. The third-order valence-corrected chi connectivity index (χ3v) is 4.33. The topological polar surface area (TPSA) is 72.7 Å². The summed E-state index contributed by atoms with van der Waals surface area (Å²) in [6, 6.07) is 8.78. The van der Waals surface area contributed by atoms with Gasteiger partial charge < -0.3 is 5.32 Å². The van der Waals surface area contributed by atoms with Gasteiger partial charge in [-0.2, -0.15) is 0 Å². The summed E-state index contributed by atoms with van der Waals surface area (Å²) in [5.74, 6) is -2.29. The fourth-order valence-electron chi connectivity index (χ4n) is 2.58. The van der Waals surface area contributed by atoms with Crippen LogP contribution in [0.3, 0.4) is 0 Å². The van der Waals surface area contributed by atoms with Gasteiger partial charge >= 0.3 is 0 Å². The molecule has 1 saturated carbocycles. The first-order valence-corrected chi connectivity index (χ1v) is 8.25. The molecule has 3 aromatic rings. The molecule has 9 heteroatoms. The van der Waals surface area contributed by atoms with Crippen molar-refractivity contribution in [1.82, 2.24) is 20.2 Å². The van der Waals surface area contributed by atoms with Crippen LogP contribution in [0, 0.1) is 11.6 Å². The van der Waals surface area contributed by atoms with E-state index in [1.54, 1.807) is 22.9 Å². The highest BCUT2D eigenvalue weighted by Gasteiger charge is 2.28. The number of carbonyl (C=O) groups is 1. The minimum absolute atomic E-state index is 0.154. The van der Waals surface area contributed by atoms with Crippen LogP contribution in [0.4, 0.5) is 14.5 Å². The lowest BCUT2D eigenvalue weighted by Gasteiger charge is -2.09. The monoisotopic (exact) mass is 375 g/mol. The molecule has 1 N–H and O–H groups in total. The first-order chi connectivity index (χ1) is 12.5. The Hall–Kier alpha value is -2.87. The van der Waals surface area contributed by atoms with Crippen molar-refractivity contribution >= 4 is 23.2 Å². The van der Waals surface area contributed by atoms with Crippen molar-refractivity contribution in [1.29, 1.82) is 0 Å². The predicted molar refractivity (Wildman–Crippen MR) is 90.8 cm³/mol. The highest BCUT2D eigenvalue weighted by atomic mass is 35.5. The highest BCUT2D eigenvalue weighted by molar-refractivity contribution is 6.34. The van der Waals surface area contributed by atoms with Gasteiger partial charge in [-0.1, -0.05) is 23.7 Å². The van der Waals surface area contributed by atoms with E-state index in [1.807, 2.05) is 6.07 Å². The summed E-state index contributed by atoms with van der Waals surface area (Å²) in [7, 11) is 0. The molecule has 1 aromatic heterocycles. The number of nitrogens with one attached hydrogen (secondary N) is 1. The molecule has 0 aliphatic heterocycles. The van der Waals surface area contributed by atoms with Gasteiger partial charge in [-0.15, -0.1) is 5.10 Å². The van der Waals surface area contributed by atoms with Crippen LogP contribution in [0.15, 0.2) is 36.4 Å². The van der Waals surface area contributed by atoms with Crippen LogP contribution < -0.4 is 5.32 Å². The summed E-state index contributed by atoms with van der Waals surface area (Å²) in [5, 5.41) is 14.2. The van der Waals surface area contributed by atoms with E-state index in [2.05, 4.69) is 20.8 Å². The Bertz CT molecular complexity index is 1000. The molecule has 1 aliphatic carbocycles. The lowest BCUT2D eigenvalue weighted by atomic mass is 10.1. The Kier molecular flexibility index (Phi) is 4.12. The number of aromatic nitrogens is 4. The van der Waals surface area contributed by atoms with Gasteiger partial charge in [0.15, 0.2) is 17.5 Å². The molecule has 0 spiro atoms. The van der Waals surface area contributed by atoms with Crippen LogP contribution in [0.5, 0.6) is 0 Å². The maximum Gasteiger partial charge on any atom is 0.257 e. The molecule has 0 radical (unpaired) electrons. The number of carbonyl (C=O) groups excluding carboxylic acids is 1. The number of nitrogens with zero attached hydrogens (tertiary/aromatic N) is 4. The van der Waals surface area contributed by atoms with E-state index < -0.39 is 17.5 Å². The summed E-state index contributed by atoms with van der Waals surface area (Å²) >= 11 is 5.84. The molecule has 2 aromatic carbocycles. The van der Waals surface area contributed by atoms with Crippen molar-refractivity contribution < 1.29 is 13.6 Å². The van der Waals surface area contributed by atoms with Gasteiger partial charge in [-0.25, -0.2) is 13.5 Å². The molecular weight excluding hydrogens is 364 g/mol. The molecule has 0 bridgehead atoms. The summed E-state index contributed by atoms with van der Waals surface area (Å²) < 4.78 is 28.3. The van der Waals surface area contributed by atoms with E-state index in [1.165, 1.54) is 0 Å². The van der Waals surface area contributed by atoms with Crippen LogP contribution in [-0.2, 0) is 0 Å². The molecule has 6 nitrogen and oxygen atoms in total. The zero-order valence-corrected chi connectivity index (χ0v) is 14.0. The number of halogens is 3. The smallest absolute Gasteiger partial charge is 0.257 e. The van der Waals surface area contributed by atoms with Gasteiger partial charge in [0.1, 0.15) is 0 Å². The first-order valence-electron chi connectivity index (χ1n) is 7.87. The van der Waals surface area contributed by atoms with E-state index in [-0.39, 0.29) is 10.6 Å². The molecule has 1 fully saturated rings. The number of rotatable bonds is 4. The number of anilines is 1. The van der Waals surface area contributed by atoms with Crippen molar-refractivity contribution in [2.24, 2.45) is 0 Å². The molecule has 26 heavy (non-hydrogen) atoms. The lowest BCUT2D eigenvalue weighted by molar-refractivity contribution is 0.102. The van der Waals surface area contributed by atoms with Crippen LogP contribution in [0.25, 0.3) is 11.4 Å². The maximum absolute atomic E-state index is 13.4. The first kappa shape index (κ1) is 16.6. The van der Waals surface area contributed by atoms with Crippen LogP contribution in [0.2, 0.25) is 5.02 Å². The van der Waals surface area contributed by atoms with Gasteiger partial charge in [0.05, 0.1) is 16.6 Å². The average molecular weight is 376 g/mol. The third-order valence-electron chi connectivity index (χ3n) is 4.02. The summed E-state index contributed by atoms with van der Waals surface area (Å²) in [4.78, 5) is 12.4. The molecule has 1 heterocycles. The Morgan fingerprint density at radius 1 is 1.19 bits per heavy atom. The number of tetrazole rings is 1. The molecule has 0 saturated heterocycles. The second-order valence-corrected chi connectivity index (χ2v) is 6.37. The normalized spacial score (nSPS) is 13.7. The predicted octanol–water partition coefficient (Wildman–Crippen LogP) is 3.86. The van der Waals surface area contributed by atoms with Crippen molar-refractivity contribution in [2.75, 3.05) is 5.32 Å². The van der Waals surface area contributed by atoms with E-state index in [9.17, 15) is 13.6 Å². The molecule has 1 aliphatic rings. The van der Waals surface area contributed by atoms with E-state index in [4.69, 9.17) is 11.6 Å². The van der Waals surface area contributed by atoms with Crippen molar-refractivity contribution in [3.8, 4) is 11.4 Å². The Morgan fingerprint density at radius 2 is 1.96 bits per heavy atom. The average Bonchev–Trinajstić information content (AvgIpc) is 3.35. The Balaban J connectivity index is 1.60. The third kappa shape index (κ3) is 3.15. The maximum atomic E-state index is 13.4. The number of amides is 1. The SMILES string of the molecule is O=C(Nc1cccc(-c2nnnn2C2CC2)c1)c1cc(F)c(F)cc1Cl. The zero-order chi connectivity index (χ0) is 18.3. The fourth-order valence-corrected chi connectivity index (χ4v) is 2.82. The number of hydrogen-bond donors (Lipinski definition) is 1. The molecule has 4 rings (SSSR count). The minimum atomic E-state index is -1.14. The summed E-state index contributed by atoms with van der Waals surface area (Å²) in [5.41, 5.74) is 1.04. The molecule has 0 atom stereocenters. The van der Waals surface area contributed by atoms with Crippen LogP contribution in [-0.4, -0.2) is 26.1 Å². The largest absolute Gasteiger partial charge is 0.322 e. The standard InChI is InChI=1S/C17H12ClF2N5O/c18-13-8-15(20)14(19)7-12(13)17(26)21-10-3-1-2-9(6-10)16-22-23-24-25(16)11-4-5-11/h1-3,6-8,11H,4-5H2,(H,21,26). The molecule has 132 valence electrons. The van der Waals surface area contributed by atoms with Gasteiger partial charge in [-0.05, 0) is 47.5 Å². The second-order valence-electron chi connectivity index (χ2n) is 5.96.